The minimum absolute atomic E-state index is 0.0755. The second kappa shape index (κ2) is 9.18. The smallest absolute Gasteiger partial charge is 0.282 e. The summed E-state index contributed by atoms with van der Waals surface area (Å²) >= 11 is 1.20. The van der Waals surface area contributed by atoms with Gasteiger partial charge >= 0.3 is 0 Å². The van der Waals surface area contributed by atoms with Crippen LogP contribution in [0.4, 0.5) is 10.7 Å². The summed E-state index contributed by atoms with van der Waals surface area (Å²) in [4.78, 5) is 50.6. The number of para-hydroxylation sites is 1. The zero-order chi connectivity index (χ0) is 24.6. The lowest BCUT2D eigenvalue weighted by Crippen LogP contribution is -2.24. The molecule has 1 heterocycles. The normalized spacial score (nSPS) is 14.8. The third kappa shape index (κ3) is 4.10. The highest BCUT2D eigenvalue weighted by molar-refractivity contribution is 7.17. The van der Waals surface area contributed by atoms with E-state index in [4.69, 9.17) is 5.73 Å². The molecule has 0 fully saturated rings. The average Bonchev–Trinajstić information content (AvgIpc) is 3.16. The number of thiophene rings is 1. The predicted molar refractivity (Wildman–Crippen MR) is 130 cm³/mol. The van der Waals surface area contributed by atoms with Crippen LogP contribution in [0.5, 0.6) is 0 Å². The van der Waals surface area contributed by atoms with Crippen LogP contribution in [0.2, 0.25) is 0 Å². The number of rotatable bonds is 6. The van der Waals surface area contributed by atoms with Crippen molar-refractivity contribution in [2.75, 3.05) is 5.32 Å². The molecule has 0 saturated carbocycles. The number of ketones is 1. The topological polar surface area (TPSA) is 132 Å². The Morgan fingerprint density at radius 2 is 1.74 bits per heavy atom. The molecule has 4 rings (SSSR count). The Labute approximate surface area is 199 Å². The van der Waals surface area contributed by atoms with Gasteiger partial charge in [-0.05, 0) is 55.9 Å². The zero-order valence-corrected chi connectivity index (χ0v) is 19.5. The lowest BCUT2D eigenvalue weighted by Gasteiger charge is -2.24. The molecule has 0 bridgehead atoms. The first kappa shape index (κ1) is 23.3. The monoisotopic (exact) mass is 477 g/mol. The van der Waals surface area contributed by atoms with E-state index in [1.165, 1.54) is 35.6 Å². The second-order valence-corrected chi connectivity index (χ2v) is 9.42. The average molecular weight is 478 g/mol. The van der Waals surface area contributed by atoms with Gasteiger partial charge in [-0.3, -0.25) is 24.5 Å². The maximum Gasteiger partial charge on any atom is 0.282 e. The number of benzene rings is 2. The van der Waals surface area contributed by atoms with Crippen molar-refractivity contribution in [1.82, 2.24) is 0 Å². The molecule has 3 aromatic rings. The van der Waals surface area contributed by atoms with E-state index in [9.17, 15) is 24.5 Å². The van der Waals surface area contributed by atoms with Crippen molar-refractivity contribution in [2.45, 2.75) is 39.0 Å². The van der Waals surface area contributed by atoms with Gasteiger partial charge in [-0.1, -0.05) is 30.3 Å². The number of nitrogens with one attached hydrogen (secondary N) is 1. The molecule has 3 N–H and O–H groups in total. The van der Waals surface area contributed by atoms with Crippen LogP contribution < -0.4 is 11.1 Å². The van der Waals surface area contributed by atoms with Gasteiger partial charge in [-0.15, -0.1) is 11.3 Å². The zero-order valence-electron chi connectivity index (χ0n) is 18.7. The van der Waals surface area contributed by atoms with E-state index in [-0.39, 0.29) is 27.6 Å². The molecule has 1 aliphatic rings. The first-order chi connectivity index (χ1) is 16.2. The molecular weight excluding hydrogens is 454 g/mol. The number of anilines is 1. The lowest BCUT2D eigenvalue weighted by molar-refractivity contribution is -0.385. The first-order valence-electron chi connectivity index (χ1n) is 10.8. The van der Waals surface area contributed by atoms with Gasteiger partial charge in [-0.25, -0.2) is 0 Å². The predicted octanol–water partition coefficient (Wildman–Crippen LogP) is 4.93. The molecule has 1 aliphatic carbocycles. The fraction of sp³-hybridized carbons (Fsp3) is 0.240. The third-order valence-electron chi connectivity index (χ3n) is 6.13. The number of nitrogens with two attached hydrogens (primary N) is 1. The van der Waals surface area contributed by atoms with Crippen LogP contribution in [0.1, 0.15) is 71.4 Å². The van der Waals surface area contributed by atoms with Crippen molar-refractivity contribution >= 4 is 39.6 Å². The molecule has 0 aliphatic heterocycles. The van der Waals surface area contributed by atoms with Gasteiger partial charge in [0.05, 0.1) is 10.5 Å². The van der Waals surface area contributed by atoms with E-state index in [1.54, 1.807) is 0 Å². The van der Waals surface area contributed by atoms with E-state index in [1.807, 2.05) is 32.0 Å². The van der Waals surface area contributed by atoms with Crippen molar-refractivity contribution in [3.63, 3.8) is 0 Å². The van der Waals surface area contributed by atoms with Gasteiger partial charge < -0.3 is 11.1 Å². The van der Waals surface area contributed by atoms with Gasteiger partial charge in [0.25, 0.3) is 17.5 Å². The number of hydrogen-bond donors (Lipinski definition) is 2. The van der Waals surface area contributed by atoms with E-state index < -0.39 is 22.7 Å². The third-order valence-corrected chi connectivity index (χ3v) is 7.31. The number of aryl methyl sites for hydroxylation is 3. The number of nitrogens with zero attached hydrogens (tertiary/aromatic N) is 1. The number of fused-ring (bicyclic) bond motifs is 1. The van der Waals surface area contributed by atoms with Gasteiger partial charge in [0.15, 0.2) is 5.78 Å². The van der Waals surface area contributed by atoms with E-state index in [0.717, 1.165) is 22.4 Å². The van der Waals surface area contributed by atoms with Crippen LogP contribution in [0.15, 0.2) is 42.5 Å². The Morgan fingerprint density at radius 1 is 1.06 bits per heavy atom. The van der Waals surface area contributed by atoms with Crippen LogP contribution >= 0.6 is 11.3 Å². The number of nitro benzene ring substituents is 1. The fourth-order valence-corrected chi connectivity index (χ4v) is 5.93. The number of primary amides is 1. The molecule has 8 nitrogen and oxygen atoms in total. The molecule has 0 spiro atoms. The Morgan fingerprint density at radius 3 is 2.38 bits per heavy atom. The van der Waals surface area contributed by atoms with E-state index in [0.29, 0.717) is 24.0 Å². The standard InChI is InChI=1S/C25H23N3O5S/c1-13-7-5-8-14(2)19(13)22(29)16-10-6-12-18-20(16)21(23(26)30)25(34-18)27-24(31)15-9-3-4-11-17(15)28(32)33/h3-5,7-9,11,16H,6,10,12H2,1-2H3,(H2,26,30)(H,27,31). The number of hydrogen-bond acceptors (Lipinski definition) is 6. The molecule has 1 atom stereocenters. The summed E-state index contributed by atoms with van der Waals surface area (Å²) in [5, 5.41) is 14.2. The van der Waals surface area contributed by atoms with Crippen molar-refractivity contribution in [3.8, 4) is 0 Å². The molecule has 2 aromatic carbocycles. The summed E-state index contributed by atoms with van der Waals surface area (Å²) in [5.74, 6) is -2.10. The maximum atomic E-state index is 13.6. The minimum atomic E-state index is -0.753. The van der Waals surface area contributed by atoms with Crippen molar-refractivity contribution in [2.24, 2.45) is 5.73 Å². The van der Waals surface area contributed by atoms with Crippen LogP contribution in [-0.2, 0) is 6.42 Å². The minimum Gasteiger partial charge on any atom is -0.365 e. The van der Waals surface area contributed by atoms with Gasteiger partial charge in [-0.2, -0.15) is 0 Å². The highest BCUT2D eigenvalue weighted by Gasteiger charge is 2.36. The lowest BCUT2D eigenvalue weighted by atomic mass is 9.78. The number of Topliss-reactive ketones (excluding diaryl/α,β-unsaturated/α-hetero) is 1. The maximum absolute atomic E-state index is 13.6. The van der Waals surface area contributed by atoms with Crippen LogP contribution in [0, 0.1) is 24.0 Å². The first-order valence-corrected chi connectivity index (χ1v) is 11.6. The molecule has 9 heteroatoms. The van der Waals surface area contributed by atoms with Crippen molar-refractivity contribution < 1.29 is 19.3 Å². The number of nitro groups is 1. The number of carbonyl (C=O) groups is 3. The molecule has 174 valence electrons. The highest BCUT2D eigenvalue weighted by Crippen LogP contribution is 2.45. The molecule has 0 radical (unpaired) electrons. The Hall–Kier alpha value is -3.85. The van der Waals surface area contributed by atoms with Crippen molar-refractivity contribution in [3.05, 3.63) is 90.8 Å². The van der Waals surface area contributed by atoms with Gasteiger partial charge in [0.1, 0.15) is 10.6 Å². The largest absolute Gasteiger partial charge is 0.365 e. The van der Waals surface area contributed by atoms with Crippen LogP contribution in [0.25, 0.3) is 0 Å². The van der Waals surface area contributed by atoms with E-state index >= 15 is 0 Å². The number of carbonyl (C=O) groups excluding carboxylic acids is 3. The SMILES string of the molecule is Cc1cccc(C)c1C(=O)C1CCCc2sc(NC(=O)c3ccccc3[N+](=O)[O-])c(C(N)=O)c21. The summed E-state index contributed by atoms with van der Waals surface area (Å²) in [6.07, 6.45) is 1.97. The van der Waals surface area contributed by atoms with Crippen molar-refractivity contribution in [1.29, 1.82) is 0 Å². The molecule has 2 amide bonds. The van der Waals surface area contributed by atoms with E-state index in [2.05, 4.69) is 5.32 Å². The van der Waals surface area contributed by atoms with Crippen LogP contribution in [0.3, 0.4) is 0 Å². The summed E-state index contributed by atoms with van der Waals surface area (Å²) in [5.41, 5.74) is 8.29. The fourth-order valence-electron chi connectivity index (χ4n) is 4.62. The molecule has 1 unspecified atom stereocenters. The molecular formula is C25H23N3O5S. The Kier molecular flexibility index (Phi) is 6.30. The number of amides is 2. The summed E-state index contributed by atoms with van der Waals surface area (Å²) < 4.78 is 0. The Balaban J connectivity index is 1.77. The highest BCUT2D eigenvalue weighted by atomic mass is 32.1. The molecule has 34 heavy (non-hydrogen) atoms. The van der Waals surface area contributed by atoms with Gasteiger partial charge in [0, 0.05) is 22.4 Å². The summed E-state index contributed by atoms with van der Waals surface area (Å²) in [6, 6.07) is 11.2. The second-order valence-electron chi connectivity index (χ2n) is 8.31. The quantitative estimate of drug-likeness (QED) is 0.295. The van der Waals surface area contributed by atoms with Gasteiger partial charge in [0.2, 0.25) is 0 Å². The van der Waals surface area contributed by atoms with Crippen LogP contribution in [-0.4, -0.2) is 22.5 Å². The molecule has 1 aromatic heterocycles. The Bertz CT molecular complexity index is 1320. The molecule has 0 saturated heterocycles. The summed E-state index contributed by atoms with van der Waals surface area (Å²) in [6.45, 7) is 3.76. The summed E-state index contributed by atoms with van der Waals surface area (Å²) in [7, 11) is 0.